The topological polar surface area (TPSA) is 50.6 Å². The number of amides is 1. The summed E-state index contributed by atoms with van der Waals surface area (Å²) in [4.78, 5) is 16.3. The second kappa shape index (κ2) is 6.36. The number of likely N-dealkylation sites (tertiary alicyclic amines) is 1. The zero-order chi connectivity index (χ0) is 17.5. The molecule has 2 saturated heterocycles. The molecule has 9 heteroatoms. The van der Waals surface area contributed by atoms with Gasteiger partial charge in [-0.3, -0.25) is 14.4 Å². The number of hydrogen-bond donors (Lipinski definition) is 0. The molecule has 2 fully saturated rings. The molecule has 0 radical (unpaired) electrons. The Kier molecular flexibility index (Phi) is 4.56. The van der Waals surface area contributed by atoms with Gasteiger partial charge in [-0.15, -0.1) is 0 Å². The fourth-order valence-electron chi connectivity index (χ4n) is 3.35. The second-order valence-electron chi connectivity index (χ2n) is 6.24. The van der Waals surface area contributed by atoms with Crippen molar-refractivity contribution in [2.24, 2.45) is 0 Å². The Bertz CT molecular complexity index is 616. The van der Waals surface area contributed by atoms with Gasteiger partial charge in [-0.1, -0.05) is 0 Å². The van der Waals surface area contributed by atoms with Crippen molar-refractivity contribution in [1.82, 2.24) is 19.6 Å². The maximum absolute atomic E-state index is 13.2. The van der Waals surface area contributed by atoms with Crippen LogP contribution < -0.4 is 0 Å². The van der Waals surface area contributed by atoms with E-state index in [0.29, 0.717) is 26.1 Å². The molecule has 6 nitrogen and oxygen atoms in total. The molecular formula is C15H21F3N4O2. The second-order valence-corrected chi connectivity index (χ2v) is 6.24. The van der Waals surface area contributed by atoms with E-state index in [4.69, 9.17) is 4.74 Å². The fraction of sp³-hybridized carbons (Fsp3) is 0.733. The number of carbonyl (C=O) groups excluding carboxylic acids is 1. The molecule has 0 saturated carbocycles. The van der Waals surface area contributed by atoms with Gasteiger partial charge in [0.05, 0.1) is 24.3 Å². The average molecular weight is 346 g/mol. The molecular weight excluding hydrogens is 325 g/mol. The number of aryl methyl sites for hydroxylation is 1. The SMILES string of the molecule is CCn1cc(C(=O)N2CCC3OCCN(C)C3C2)c(C(F)(F)F)n1. The highest BCUT2D eigenvalue weighted by Crippen LogP contribution is 2.32. The predicted octanol–water partition coefficient (Wildman–Crippen LogP) is 1.47. The minimum Gasteiger partial charge on any atom is -0.375 e. The first-order chi connectivity index (χ1) is 11.3. The number of aromatic nitrogens is 2. The van der Waals surface area contributed by atoms with Crippen molar-refractivity contribution in [3.05, 3.63) is 17.5 Å². The van der Waals surface area contributed by atoms with E-state index in [-0.39, 0.29) is 24.3 Å². The van der Waals surface area contributed by atoms with Gasteiger partial charge in [0.1, 0.15) is 0 Å². The molecule has 1 aromatic rings. The highest BCUT2D eigenvalue weighted by atomic mass is 19.4. The van der Waals surface area contributed by atoms with Gasteiger partial charge in [-0.05, 0) is 20.4 Å². The number of halogens is 3. The molecule has 2 unspecified atom stereocenters. The Morgan fingerprint density at radius 2 is 2.17 bits per heavy atom. The maximum Gasteiger partial charge on any atom is 0.435 e. The van der Waals surface area contributed by atoms with Crippen molar-refractivity contribution in [2.75, 3.05) is 33.3 Å². The standard InChI is InChI=1S/C15H21F3N4O2/c1-3-22-8-10(13(19-22)15(16,17)18)14(23)21-5-4-12-11(9-21)20(2)6-7-24-12/h8,11-12H,3-7,9H2,1-2H3. The summed E-state index contributed by atoms with van der Waals surface area (Å²) in [6, 6.07) is 0.0204. The van der Waals surface area contributed by atoms with E-state index in [2.05, 4.69) is 10.00 Å². The van der Waals surface area contributed by atoms with E-state index in [1.165, 1.54) is 11.1 Å². The molecule has 1 amide bonds. The largest absolute Gasteiger partial charge is 0.435 e. The maximum atomic E-state index is 13.2. The predicted molar refractivity (Wildman–Crippen MR) is 79.6 cm³/mol. The first-order valence-electron chi connectivity index (χ1n) is 8.07. The normalized spacial score (nSPS) is 25.6. The summed E-state index contributed by atoms with van der Waals surface area (Å²) in [5.41, 5.74) is -1.48. The third-order valence-electron chi connectivity index (χ3n) is 4.73. The number of piperidine rings is 1. The van der Waals surface area contributed by atoms with Crippen LogP contribution in [-0.4, -0.2) is 70.9 Å². The van der Waals surface area contributed by atoms with E-state index in [9.17, 15) is 18.0 Å². The van der Waals surface area contributed by atoms with Crippen LogP contribution in [-0.2, 0) is 17.5 Å². The van der Waals surface area contributed by atoms with Crippen molar-refractivity contribution < 1.29 is 22.7 Å². The summed E-state index contributed by atoms with van der Waals surface area (Å²) in [5.74, 6) is -0.612. The summed E-state index contributed by atoms with van der Waals surface area (Å²) in [5, 5.41) is 3.52. The summed E-state index contributed by atoms with van der Waals surface area (Å²) in [7, 11) is 1.95. The van der Waals surface area contributed by atoms with Crippen molar-refractivity contribution in [2.45, 2.75) is 38.2 Å². The van der Waals surface area contributed by atoms with Crippen LogP contribution in [0.1, 0.15) is 29.4 Å². The van der Waals surface area contributed by atoms with Gasteiger partial charge in [0, 0.05) is 32.4 Å². The van der Waals surface area contributed by atoms with Crippen LogP contribution in [0.4, 0.5) is 13.2 Å². The van der Waals surface area contributed by atoms with Gasteiger partial charge in [-0.2, -0.15) is 18.3 Å². The zero-order valence-corrected chi connectivity index (χ0v) is 13.7. The fourth-order valence-corrected chi connectivity index (χ4v) is 3.35. The van der Waals surface area contributed by atoms with Crippen molar-refractivity contribution in [1.29, 1.82) is 0 Å². The molecule has 2 aliphatic rings. The molecule has 2 aliphatic heterocycles. The number of ether oxygens (including phenoxy) is 1. The number of alkyl halides is 3. The smallest absolute Gasteiger partial charge is 0.375 e. The van der Waals surface area contributed by atoms with Gasteiger partial charge in [0.25, 0.3) is 5.91 Å². The Balaban J connectivity index is 1.83. The number of nitrogens with zero attached hydrogens (tertiary/aromatic N) is 4. The van der Waals surface area contributed by atoms with Crippen molar-refractivity contribution in [3.8, 4) is 0 Å². The molecule has 0 aromatic carbocycles. The Labute approximate surface area is 138 Å². The number of morpholine rings is 1. The van der Waals surface area contributed by atoms with Crippen LogP contribution in [0.25, 0.3) is 0 Å². The molecule has 0 N–H and O–H groups in total. The lowest BCUT2D eigenvalue weighted by Crippen LogP contribution is -2.59. The highest BCUT2D eigenvalue weighted by Gasteiger charge is 2.42. The van der Waals surface area contributed by atoms with Crippen LogP contribution in [0, 0.1) is 0 Å². The van der Waals surface area contributed by atoms with E-state index >= 15 is 0 Å². The van der Waals surface area contributed by atoms with Crippen molar-refractivity contribution >= 4 is 5.91 Å². The summed E-state index contributed by atoms with van der Waals surface area (Å²) in [6.07, 6.45) is -2.79. The Morgan fingerprint density at radius 3 is 2.83 bits per heavy atom. The summed E-state index contributed by atoms with van der Waals surface area (Å²) < 4.78 is 46.4. The lowest BCUT2D eigenvalue weighted by Gasteiger charge is -2.45. The van der Waals surface area contributed by atoms with Crippen LogP contribution >= 0.6 is 0 Å². The molecule has 1 aromatic heterocycles. The molecule has 2 atom stereocenters. The quantitative estimate of drug-likeness (QED) is 0.814. The van der Waals surface area contributed by atoms with E-state index in [1.54, 1.807) is 6.92 Å². The first-order valence-corrected chi connectivity index (χ1v) is 8.07. The number of rotatable bonds is 2. The van der Waals surface area contributed by atoms with Gasteiger partial charge in [-0.25, -0.2) is 0 Å². The lowest BCUT2D eigenvalue weighted by atomic mass is 9.98. The van der Waals surface area contributed by atoms with E-state index in [0.717, 1.165) is 11.2 Å². The van der Waals surface area contributed by atoms with Crippen LogP contribution in [0.2, 0.25) is 0 Å². The minimum atomic E-state index is -4.64. The number of hydrogen-bond acceptors (Lipinski definition) is 4. The molecule has 3 heterocycles. The Morgan fingerprint density at radius 1 is 1.42 bits per heavy atom. The summed E-state index contributed by atoms with van der Waals surface area (Å²) in [6.45, 7) is 4.12. The van der Waals surface area contributed by atoms with Gasteiger partial charge < -0.3 is 9.64 Å². The molecule has 0 spiro atoms. The Hall–Kier alpha value is -1.61. The minimum absolute atomic E-state index is 0.0204. The van der Waals surface area contributed by atoms with Gasteiger partial charge in [0.2, 0.25) is 0 Å². The van der Waals surface area contributed by atoms with Gasteiger partial charge >= 0.3 is 6.18 Å². The van der Waals surface area contributed by atoms with Gasteiger partial charge in [0.15, 0.2) is 5.69 Å². The third-order valence-corrected chi connectivity index (χ3v) is 4.73. The zero-order valence-electron chi connectivity index (χ0n) is 13.7. The molecule has 134 valence electrons. The van der Waals surface area contributed by atoms with Crippen LogP contribution in [0.3, 0.4) is 0 Å². The molecule has 3 rings (SSSR count). The first kappa shape index (κ1) is 17.2. The monoisotopic (exact) mass is 346 g/mol. The number of carbonyl (C=O) groups is 1. The van der Waals surface area contributed by atoms with Crippen molar-refractivity contribution in [3.63, 3.8) is 0 Å². The van der Waals surface area contributed by atoms with Crippen LogP contribution in [0.5, 0.6) is 0 Å². The number of likely N-dealkylation sites (N-methyl/N-ethyl adjacent to an activating group) is 1. The number of fused-ring (bicyclic) bond motifs is 1. The molecule has 0 bridgehead atoms. The van der Waals surface area contributed by atoms with E-state index in [1.807, 2.05) is 7.05 Å². The molecule has 0 aliphatic carbocycles. The average Bonchev–Trinajstić information content (AvgIpc) is 2.99. The van der Waals surface area contributed by atoms with Crippen LogP contribution in [0.15, 0.2) is 6.20 Å². The van der Waals surface area contributed by atoms with E-state index < -0.39 is 17.8 Å². The molecule has 24 heavy (non-hydrogen) atoms. The summed E-state index contributed by atoms with van der Waals surface area (Å²) >= 11 is 0. The highest BCUT2D eigenvalue weighted by molar-refractivity contribution is 5.95. The third kappa shape index (κ3) is 3.14. The lowest BCUT2D eigenvalue weighted by molar-refractivity contribution is -0.142.